The Balaban J connectivity index is 2.36. The van der Waals surface area contributed by atoms with Gasteiger partial charge in [0.1, 0.15) is 11.4 Å². The van der Waals surface area contributed by atoms with E-state index in [-0.39, 0.29) is 11.7 Å². The number of hydrogen-bond donors (Lipinski definition) is 3. The zero-order chi connectivity index (χ0) is 10.4. The molecule has 76 valence electrons. The molecular formula is C11H10N2O2. The van der Waals surface area contributed by atoms with Crippen LogP contribution in [0.15, 0.2) is 18.2 Å². The van der Waals surface area contributed by atoms with Gasteiger partial charge in [-0.1, -0.05) is 0 Å². The minimum atomic E-state index is -0.0630. The molecule has 4 nitrogen and oxygen atoms in total. The summed E-state index contributed by atoms with van der Waals surface area (Å²) in [5.41, 5.74) is 2.53. The smallest absolute Gasteiger partial charge is 0.268 e. The molecule has 0 fully saturated rings. The highest BCUT2D eigenvalue weighted by atomic mass is 16.3. The molecule has 1 amide bonds. The minimum absolute atomic E-state index is 0.0630. The first-order chi connectivity index (χ1) is 7.25. The van der Waals surface area contributed by atoms with Crippen molar-refractivity contribution >= 4 is 16.8 Å². The first-order valence-corrected chi connectivity index (χ1v) is 4.87. The van der Waals surface area contributed by atoms with Crippen LogP contribution in [0.4, 0.5) is 0 Å². The number of aromatic amines is 1. The first kappa shape index (κ1) is 8.35. The Kier molecular flexibility index (Phi) is 1.54. The van der Waals surface area contributed by atoms with Gasteiger partial charge >= 0.3 is 0 Å². The molecule has 0 spiro atoms. The molecule has 1 aliphatic rings. The molecular weight excluding hydrogens is 192 g/mol. The summed E-state index contributed by atoms with van der Waals surface area (Å²) >= 11 is 0. The van der Waals surface area contributed by atoms with Crippen LogP contribution >= 0.6 is 0 Å². The maximum atomic E-state index is 11.5. The van der Waals surface area contributed by atoms with Crippen LogP contribution in [-0.2, 0) is 6.42 Å². The van der Waals surface area contributed by atoms with Crippen LogP contribution in [0.2, 0.25) is 0 Å². The zero-order valence-electron chi connectivity index (χ0n) is 8.00. The van der Waals surface area contributed by atoms with E-state index in [1.54, 1.807) is 18.2 Å². The molecule has 1 aromatic heterocycles. The van der Waals surface area contributed by atoms with Gasteiger partial charge in [0.05, 0.1) is 0 Å². The number of aromatic nitrogens is 1. The maximum Gasteiger partial charge on any atom is 0.268 e. The Hall–Kier alpha value is -1.97. The quantitative estimate of drug-likeness (QED) is 0.600. The molecule has 0 atom stereocenters. The van der Waals surface area contributed by atoms with Crippen LogP contribution in [0.25, 0.3) is 10.9 Å². The number of rotatable bonds is 0. The lowest BCUT2D eigenvalue weighted by Crippen LogP contribution is -2.31. The molecule has 0 radical (unpaired) electrons. The van der Waals surface area contributed by atoms with E-state index >= 15 is 0 Å². The number of benzene rings is 1. The van der Waals surface area contributed by atoms with Crippen LogP contribution in [0.1, 0.15) is 16.1 Å². The van der Waals surface area contributed by atoms with Crippen LogP contribution < -0.4 is 5.32 Å². The molecule has 0 aliphatic carbocycles. The van der Waals surface area contributed by atoms with Gasteiger partial charge in [-0.25, -0.2) is 0 Å². The SMILES string of the molecule is O=C1NCCc2c1[nH]c1ccc(O)cc21. The number of nitrogens with one attached hydrogen (secondary N) is 2. The molecule has 3 rings (SSSR count). The number of carbonyl (C=O) groups excluding carboxylic acids is 1. The molecule has 3 N–H and O–H groups in total. The maximum absolute atomic E-state index is 11.5. The fourth-order valence-electron chi connectivity index (χ4n) is 2.08. The summed E-state index contributed by atoms with van der Waals surface area (Å²) in [6.07, 6.45) is 0.810. The largest absolute Gasteiger partial charge is 0.508 e. The van der Waals surface area contributed by atoms with Crippen molar-refractivity contribution in [3.8, 4) is 5.75 Å². The normalized spacial score (nSPS) is 15.1. The number of hydrogen-bond acceptors (Lipinski definition) is 2. The summed E-state index contributed by atoms with van der Waals surface area (Å²) in [6, 6.07) is 5.10. The molecule has 4 heteroatoms. The summed E-state index contributed by atoms with van der Waals surface area (Å²) < 4.78 is 0. The highest BCUT2D eigenvalue weighted by Gasteiger charge is 2.21. The molecule has 0 unspecified atom stereocenters. The van der Waals surface area contributed by atoms with E-state index in [1.807, 2.05) is 0 Å². The Bertz CT molecular complexity index is 557. The fourth-order valence-corrected chi connectivity index (χ4v) is 2.08. The van der Waals surface area contributed by atoms with Gasteiger partial charge < -0.3 is 15.4 Å². The molecule has 0 bridgehead atoms. The van der Waals surface area contributed by atoms with Crippen LogP contribution in [0.3, 0.4) is 0 Å². The Labute approximate surface area is 85.9 Å². The molecule has 0 saturated heterocycles. The van der Waals surface area contributed by atoms with Crippen LogP contribution in [0, 0.1) is 0 Å². The number of H-pyrrole nitrogens is 1. The monoisotopic (exact) mass is 202 g/mol. The molecule has 1 aliphatic heterocycles. The standard InChI is InChI=1S/C11H10N2O2/c14-6-1-2-9-8(5-6)7-3-4-12-11(15)10(7)13-9/h1-2,5,13-14H,3-4H2,(H,12,15). The third kappa shape index (κ3) is 1.11. The predicted molar refractivity (Wildman–Crippen MR) is 56.0 cm³/mol. The highest BCUT2D eigenvalue weighted by molar-refractivity contribution is 6.02. The minimum Gasteiger partial charge on any atom is -0.508 e. The molecule has 15 heavy (non-hydrogen) atoms. The van der Waals surface area contributed by atoms with E-state index in [0.29, 0.717) is 12.2 Å². The molecule has 1 aromatic carbocycles. The highest BCUT2D eigenvalue weighted by Crippen LogP contribution is 2.27. The van der Waals surface area contributed by atoms with Crippen molar-refractivity contribution in [1.29, 1.82) is 0 Å². The summed E-state index contributed by atoms with van der Waals surface area (Å²) in [5, 5.41) is 13.1. The third-order valence-electron chi connectivity index (χ3n) is 2.78. The molecule has 2 aromatic rings. The van der Waals surface area contributed by atoms with Crippen molar-refractivity contribution < 1.29 is 9.90 Å². The van der Waals surface area contributed by atoms with Crippen LogP contribution in [0.5, 0.6) is 5.75 Å². The van der Waals surface area contributed by atoms with Crippen molar-refractivity contribution in [3.05, 3.63) is 29.5 Å². The van der Waals surface area contributed by atoms with Crippen molar-refractivity contribution in [3.63, 3.8) is 0 Å². The van der Waals surface area contributed by atoms with Gasteiger partial charge in [-0.05, 0) is 30.2 Å². The van der Waals surface area contributed by atoms with Crippen molar-refractivity contribution in [2.75, 3.05) is 6.54 Å². The number of aromatic hydroxyl groups is 1. The Morgan fingerprint density at radius 2 is 2.20 bits per heavy atom. The van der Waals surface area contributed by atoms with E-state index in [4.69, 9.17) is 0 Å². The average Bonchev–Trinajstić information content (AvgIpc) is 2.58. The fraction of sp³-hybridized carbons (Fsp3) is 0.182. The van der Waals surface area contributed by atoms with Gasteiger partial charge in [0.15, 0.2) is 0 Å². The number of phenols is 1. The first-order valence-electron chi connectivity index (χ1n) is 4.87. The van der Waals surface area contributed by atoms with Gasteiger partial charge in [0, 0.05) is 17.4 Å². The third-order valence-corrected chi connectivity index (χ3v) is 2.78. The van der Waals surface area contributed by atoms with E-state index in [1.165, 1.54) is 0 Å². The van der Waals surface area contributed by atoms with Gasteiger partial charge in [-0.15, -0.1) is 0 Å². The van der Waals surface area contributed by atoms with Crippen molar-refractivity contribution in [1.82, 2.24) is 10.3 Å². The van der Waals surface area contributed by atoms with Gasteiger partial charge in [-0.2, -0.15) is 0 Å². The zero-order valence-corrected chi connectivity index (χ0v) is 8.00. The lowest BCUT2D eigenvalue weighted by molar-refractivity contribution is 0.0942. The summed E-state index contributed by atoms with van der Waals surface area (Å²) in [5.74, 6) is 0.169. The molecule has 2 heterocycles. The van der Waals surface area contributed by atoms with E-state index in [9.17, 15) is 9.90 Å². The number of amides is 1. The van der Waals surface area contributed by atoms with Crippen molar-refractivity contribution in [2.45, 2.75) is 6.42 Å². The lowest BCUT2D eigenvalue weighted by atomic mass is 10.0. The summed E-state index contributed by atoms with van der Waals surface area (Å²) in [6.45, 7) is 0.661. The number of phenolic OH excluding ortho intramolecular Hbond substituents is 1. The topological polar surface area (TPSA) is 65.1 Å². The second-order valence-electron chi connectivity index (χ2n) is 3.71. The predicted octanol–water partition coefficient (Wildman–Crippen LogP) is 1.16. The number of fused-ring (bicyclic) bond motifs is 3. The van der Waals surface area contributed by atoms with E-state index < -0.39 is 0 Å². The molecule has 0 saturated carbocycles. The summed E-state index contributed by atoms with van der Waals surface area (Å²) in [7, 11) is 0. The van der Waals surface area contributed by atoms with E-state index in [2.05, 4.69) is 10.3 Å². The van der Waals surface area contributed by atoms with Crippen molar-refractivity contribution in [2.24, 2.45) is 0 Å². The average molecular weight is 202 g/mol. The number of carbonyl (C=O) groups is 1. The van der Waals surface area contributed by atoms with Crippen LogP contribution in [-0.4, -0.2) is 22.5 Å². The van der Waals surface area contributed by atoms with Gasteiger partial charge in [0.25, 0.3) is 5.91 Å². The van der Waals surface area contributed by atoms with E-state index in [0.717, 1.165) is 22.9 Å². The lowest BCUT2D eigenvalue weighted by Gasteiger charge is -2.11. The second kappa shape index (κ2) is 2.76. The van der Waals surface area contributed by atoms with Gasteiger partial charge in [-0.3, -0.25) is 4.79 Å². The van der Waals surface area contributed by atoms with Gasteiger partial charge in [0.2, 0.25) is 0 Å². The Morgan fingerprint density at radius 3 is 3.07 bits per heavy atom. The summed E-state index contributed by atoms with van der Waals surface area (Å²) in [4.78, 5) is 14.6. The second-order valence-corrected chi connectivity index (χ2v) is 3.71. The Morgan fingerprint density at radius 1 is 1.33 bits per heavy atom.